The molecule has 0 radical (unpaired) electrons. The Morgan fingerprint density at radius 3 is 2.75 bits per heavy atom. The van der Waals surface area contributed by atoms with Crippen LogP contribution in [-0.4, -0.2) is 38.7 Å². The predicted octanol–water partition coefficient (Wildman–Crippen LogP) is 3.79. The number of cyclic esters (lactones) is 1. The van der Waals surface area contributed by atoms with Crippen LogP contribution in [0.15, 0.2) is 16.9 Å². The smallest absolute Gasteiger partial charge is 0.343 e. The van der Waals surface area contributed by atoms with Gasteiger partial charge in [0.1, 0.15) is 19.0 Å². The quantitative estimate of drug-likeness (QED) is 0.359. The number of esters is 1. The summed E-state index contributed by atoms with van der Waals surface area (Å²) in [6.07, 6.45) is 0.904. The Labute approximate surface area is 234 Å². The molecule has 3 aliphatic rings. The highest BCUT2D eigenvalue weighted by molar-refractivity contribution is 6.32. The number of pyridine rings is 2. The number of aliphatic hydroxyl groups is 1. The molecule has 1 unspecified atom stereocenters. The lowest BCUT2D eigenvalue weighted by Crippen LogP contribution is -2.44. The summed E-state index contributed by atoms with van der Waals surface area (Å²) in [5.41, 5.74) is 0.751. The van der Waals surface area contributed by atoms with Crippen LogP contribution in [0, 0.1) is 5.82 Å². The van der Waals surface area contributed by atoms with Gasteiger partial charge in [0.2, 0.25) is 5.91 Å². The zero-order valence-electron chi connectivity index (χ0n) is 22.6. The maximum absolute atomic E-state index is 14.9. The third kappa shape index (κ3) is 3.95. The summed E-state index contributed by atoms with van der Waals surface area (Å²) in [4.78, 5) is 43.9. The first-order valence-electron chi connectivity index (χ1n) is 13.3. The molecule has 4 heterocycles. The van der Waals surface area contributed by atoms with Crippen LogP contribution in [0.25, 0.3) is 22.3 Å². The summed E-state index contributed by atoms with van der Waals surface area (Å²) in [7, 11) is 0. The van der Waals surface area contributed by atoms with E-state index in [1.807, 2.05) is 20.8 Å². The Hall–Kier alpha value is -3.34. The van der Waals surface area contributed by atoms with Crippen LogP contribution in [-0.2, 0) is 44.2 Å². The predicted molar refractivity (Wildman–Crippen MR) is 144 cm³/mol. The van der Waals surface area contributed by atoms with Crippen molar-refractivity contribution in [1.82, 2.24) is 14.9 Å². The minimum Gasteiger partial charge on any atom is -0.458 e. The van der Waals surface area contributed by atoms with Crippen molar-refractivity contribution in [2.45, 2.75) is 77.4 Å². The van der Waals surface area contributed by atoms with Crippen LogP contribution in [0.5, 0.6) is 0 Å². The zero-order valence-corrected chi connectivity index (χ0v) is 23.4. The molecule has 6 rings (SSSR count). The summed E-state index contributed by atoms with van der Waals surface area (Å²) < 4.78 is 27.2. The second-order valence-corrected chi connectivity index (χ2v) is 11.9. The number of ether oxygens (including phenoxy) is 2. The lowest BCUT2D eigenvalue weighted by Gasteiger charge is -2.31. The summed E-state index contributed by atoms with van der Waals surface area (Å²) >= 11 is 6.41. The molecule has 1 aromatic carbocycles. The molecule has 1 amide bonds. The number of aromatic nitrogens is 2. The number of carbonyl (C=O) groups is 2. The van der Waals surface area contributed by atoms with Gasteiger partial charge in [-0.1, -0.05) is 18.5 Å². The van der Waals surface area contributed by atoms with E-state index in [0.717, 1.165) is 5.56 Å². The summed E-state index contributed by atoms with van der Waals surface area (Å²) in [5.74, 6) is -1.72. The Kier molecular flexibility index (Phi) is 6.10. The number of rotatable bonds is 4. The number of benzene rings is 1. The van der Waals surface area contributed by atoms with E-state index in [1.165, 1.54) is 10.6 Å². The lowest BCUT2D eigenvalue weighted by molar-refractivity contribution is -0.172. The number of amides is 1. The van der Waals surface area contributed by atoms with Gasteiger partial charge in [-0.2, -0.15) is 0 Å². The molecule has 2 aliphatic heterocycles. The monoisotopic (exact) mass is 569 g/mol. The van der Waals surface area contributed by atoms with Gasteiger partial charge in [-0.3, -0.25) is 9.59 Å². The molecule has 2 atom stereocenters. The first-order valence-corrected chi connectivity index (χ1v) is 13.7. The van der Waals surface area contributed by atoms with Gasteiger partial charge < -0.3 is 24.5 Å². The van der Waals surface area contributed by atoms with Crippen molar-refractivity contribution in [2.24, 2.45) is 0 Å². The van der Waals surface area contributed by atoms with Gasteiger partial charge in [-0.05, 0) is 57.2 Å². The van der Waals surface area contributed by atoms with Crippen molar-refractivity contribution in [3.8, 4) is 11.4 Å². The van der Waals surface area contributed by atoms with Crippen LogP contribution in [0.1, 0.15) is 74.4 Å². The molecule has 0 saturated heterocycles. The summed E-state index contributed by atoms with van der Waals surface area (Å²) in [6.45, 7) is 6.98. The third-order valence-corrected chi connectivity index (χ3v) is 8.42. The fraction of sp³-hybridized carbons (Fsp3) is 0.448. The average Bonchev–Trinajstić information content (AvgIpc) is 3.27. The summed E-state index contributed by atoms with van der Waals surface area (Å²) in [5, 5.41) is 14.9. The number of carbonyl (C=O) groups excluding carboxylic acids is 2. The van der Waals surface area contributed by atoms with Crippen molar-refractivity contribution in [1.29, 1.82) is 0 Å². The Bertz CT molecular complexity index is 1690. The molecule has 0 saturated carbocycles. The molecule has 2 aromatic heterocycles. The van der Waals surface area contributed by atoms with E-state index in [4.69, 9.17) is 26.1 Å². The van der Waals surface area contributed by atoms with Crippen molar-refractivity contribution in [3.63, 3.8) is 0 Å². The molecule has 0 spiro atoms. The number of halogens is 2. The minimum atomic E-state index is -1.97. The first kappa shape index (κ1) is 26.9. The van der Waals surface area contributed by atoms with Gasteiger partial charge in [0.15, 0.2) is 5.60 Å². The number of hydrogen-bond donors (Lipinski definition) is 2. The molecule has 0 fully saturated rings. The molecule has 2 N–H and O–H groups in total. The molecular weight excluding hydrogens is 541 g/mol. The topological polar surface area (TPSA) is 120 Å². The van der Waals surface area contributed by atoms with Crippen LogP contribution in [0.2, 0.25) is 5.02 Å². The largest absolute Gasteiger partial charge is 0.458 e. The van der Waals surface area contributed by atoms with Crippen molar-refractivity contribution in [3.05, 3.63) is 61.1 Å². The van der Waals surface area contributed by atoms with E-state index >= 15 is 0 Å². The highest BCUT2D eigenvalue weighted by atomic mass is 35.5. The minimum absolute atomic E-state index is 0.0167. The second-order valence-electron chi connectivity index (χ2n) is 11.6. The number of fused-ring (bicyclic) bond motifs is 5. The number of nitrogens with one attached hydrogen (secondary N) is 1. The highest BCUT2D eigenvalue weighted by Crippen LogP contribution is 2.46. The van der Waals surface area contributed by atoms with Gasteiger partial charge in [-0.25, -0.2) is 14.2 Å². The van der Waals surface area contributed by atoms with E-state index in [0.29, 0.717) is 46.3 Å². The maximum atomic E-state index is 14.9. The van der Waals surface area contributed by atoms with Crippen molar-refractivity contribution in [2.75, 3.05) is 6.61 Å². The molecule has 40 heavy (non-hydrogen) atoms. The van der Waals surface area contributed by atoms with E-state index in [1.54, 1.807) is 13.0 Å². The molecular formula is C29H29ClFN3O6. The number of aryl methyl sites for hydroxylation is 1. The Morgan fingerprint density at radius 1 is 1.30 bits per heavy atom. The normalized spacial score (nSPS) is 21.1. The van der Waals surface area contributed by atoms with Gasteiger partial charge in [0, 0.05) is 22.6 Å². The Balaban J connectivity index is 1.55. The molecule has 210 valence electrons. The zero-order chi connectivity index (χ0) is 28.7. The van der Waals surface area contributed by atoms with E-state index in [2.05, 4.69) is 5.32 Å². The first-order chi connectivity index (χ1) is 18.8. The van der Waals surface area contributed by atoms with Crippen molar-refractivity contribution >= 4 is 34.4 Å². The molecule has 3 aromatic rings. The van der Waals surface area contributed by atoms with Crippen molar-refractivity contribution < 1.29 is 28.6 Å². The fourth-order valence-corrected chi connectivity index (χ4v) is 6.26. The van der Waals surface area contributed by atoms with E-state index in [9.17, 15) is 23.9 Å². The summed E-state index contributed by atoms with van der Waals surface area (Å²) in [6, 6.07) is 2.41. The Morgan fingerprint density at radius 2 is 2.05 bits per heavy atom. The van der Waals surface area contributed by atoms with Crippen LogP contribution in [0.4, 0.5) is 4.39 Å². The van der Waals surface area contributed by atoms with Crippen LogP contribution in [0.3, 0.4) is 0 Å². The lowest BCUT2D eigenvalue weighted by atomic mass is 9.83. The highest BCUT2D eigenvalue weighted by Gasteiger charge is 2.46. The van der Waals surface area contributed by atoms with Crippen LogP contribution >= 0.6 is 11.6 Å². The van der Waals surface area contributed by atoms with Gasteiger partial charge in [0.05, 0.1) is 45.7 Å². The number of hydrogen-bond acceptors (Lipinski definition) is 7. The standard InChI is InChI=1S/C29H29ClFN3O6/c1-5-29(38)16-8-20-25-14(10-34(20)26(36)15(16)11-39-27(29)37)23-18(32-21(35)12-40-28(2,3)4)7-6-13-22(23)19(33-25)9-17(31)24(13)30/h8-9,18,38H,5-7,10-12H2,1-4H3,(H,32,35)/t18?,29-/m0/s1. The van der Waals surface area contributed by atoms with Gasteiger partial charge in [0.25, 0.3) is 5.56 Å². The fourth-order valence-electron chi connectivity index (χ4n) is 6.02. The van der Waals surface area contributed by atoms with E-state index in [-0.39, 0.29) is 48.2 Å². The molecule has 1 aliphatic carbocycles. The van der Waals surface area contributed by atoms with E-state index < -0.39 is 34.6 Å². The maximum Gasteiger partial charge on any atom is 0.343 e. The molecule has 9 nitrogen and oxygen atoms in total. The molecule has 0 bridgehead atoms. The number of nitrogens with zero attached hydrogens (tertiary/aromatic N) is 2. The average molecular weight is 570 g/mol. The third-order valence-electron chi connectivity index (χ3n) is 8.01. The van der Waals surface area contributed by atoms with Gasteiger partial charge in [-0.15, -0.1) is 0 Å². The molecule has 11 heteroatoms. The second kappa shape index (κ2) is 9.09. The SMILES string of the molecule is CC[C@@]1(O)C(=O)OCc2c1cc1n(c2=O)Cc2c-1nc1cc(F)c(Cl)c3c1c2C(NC(=O)COC(C)(C)C)CC3. The van der Waals surface area contributed by atoms with Gasteiger partial charge >= 0.3 is 5.97 Å². The van der Waals surface area contributed by atoms with Crippen LogP contribution < -0.4 is 10.9 Å².